The zero-order valence-corrected chi connectivity index (χ0v) is 22.3. The minimum absolute atomic E-state index is 0.0896. The lowest BCUT2D eigenvalue weighted by Gasteiger charge is -2.34. The van der Waals surface area contributed by atoms with Gasteiger partial charge >= 0.3 is 0 Å². The van der Waals surface area contributed by atoms with Gasteiger partial charge in [-0.05, 0) is 42.5 Å². The van der Waals surface area contributed by atoms with Crippen LogP contribution in [-0.4, -0.2) is 46.4 Å². The topological polar surface area (TPSA) is 87.7 Å². The van der Waals surface area contributed by atoms with Gasteiger partial charge in [-0.1, -0.05) is 60.7 Å². The second-order valence-corrected chi connectivity index (χ2v) is 12.1. The number of benzene rings is 1. The van der Waals surface area contributed by atoms with Crippen molar-refractivity contribution in [3.63, 3.8) is 0 Å². The van der Waals surface area contributed by atoms with Crippen LogP contribution < -0.4 is 10.6 Å². The molecule has 3 amide bonds. The van der Waals surface area contributed by atoms with Crippen molar-refractivity contribution in [2.24, 2.45) is 11.8 Å². The van der Waals surface area contributed by atoms with Crippen LogP contribution in [0.15, 0.2) is 47.9 Å². The van der Waals surface area contributed by atoms with Crippen molar-refractivity contribution >= 4 is 57.9 Å². The van der Waals surface area contributed by atoms with Crippen LogP contribution in [0.25, 0.3) is 0 Å². The fourth-order valence-corrected chi connectivity index (χ4v) is 7.34. The monoisotopic (exact) mass is 559 g/mol. The summed E-state index contributed by atoms with van der Waals surface area (Å²) < 4.78 is 6.40. The number of halogens is 2. The first-order valence-corrected chi connectivity index (χ1v) is 14.3. The van der Waals surface area contributed by atoms with Gasteiger partial charge in [0.25, 0.3) is 0 Å². The molecule has 7 nitrogen and oxygen atoms in total. The second-order valence-electron chi connectivity index (χ2n) is 10.2. The summed E-state index contributed by atoms with van der Waals surface area (Å²) in [5.41, 5.74) is -0.704. The molecule has 5 unspecified atom stereocenters. The van der Waals surface area contributed by atoms with Crippen LogP contribution in [0.5, 0.6) is 0 Å². The van der Waals surface area contributed by atoms with Crippen molar-refractivity contribution in [3.8, 4) is 0 Å². The van der Waals surface area contributed by atoms with Crippen molar-refractivity contribution in [1.29, 1.82) is 0 Å². The highest BCUT2D eigenvalue weighted by Gasteiger charge is 2.72. The first kappa shape index (κ1) is 24.9. The fourth-order valence-electron chi connectivity index (χ4n) is 6.33. The number of hydrogen-bond acceptors (Lipinski definition) is 5. The predicted octanol–water partition coefficient (Wildman–Crippen LogP) is 4.79. The third-order valence-electron chi connectivity index (χ3n) is 7.97. The van der Waals surface area contributed by atoms with Crippen molar-refractivity contribution < 1.29 is 19.1 Å². The normalized spacial score (nSPS) is 30.5. The molecule has 4 heterocycles. The van der Waals surface area contributed by atoms with Gasteiger partial charge in [-0.25, -0.2) is 0 Å². The lowest BCUT2D eigenvalue weighted by atomic mass is 9.74. The number of ether oxygens (including phenoxy) is 1. The summed E-state index contributed by atoms with van der Waals surface area (Å²) in [5.74, 6) is -2.37. The summed E-state index contributed by atoms with van der Waals surface area (Å²) in [6, 6.07) is 7.94. The Labute approximate surface area is 229 Å². The number of fused-ring (bicyclic) bond motifs is 1. The van der Waals surface area contributed by atoms with Gasteiger partial charge < -0.3 is 20.3 Å². The number of anilines is 1. The van der Waals surface area contributed by atoms with Gasteiger partial charge in [0, 0.05) is 16.6 Å². The molecule has 37 heavy (non-hydrogen) atoms. The smallest absolute Gasteiger partial charge is 0.246 e. The van der Waals surface area contributed by atoms with E-state index >= 15 is 0 Å². The van der Waals surface area contributed by atoms with Gasteiger partial charge in [0.2, 0.25) is 17.7 Å². The standard InChI is InChI=1S/C27H27Cl2N3O4S/c28-18-9-8-16(13-19(18)29)31-24(33)21-20-10-11-27(36-20)22(21)26(35)32(14-17-7-4-12-37-17)23(27)25(34)30-15-5-2-1-3-6-15/h4,7-13,15,20-23H,1-3,5-6,14H2,(H,30,34)(H,31,33). The maximum Gasteiger partial charge on any atom is 0.246 e. The Hall–Kier alpha value is -2.39. The minimum Gasteiger partial charge on any atom is -0.359 e. The van der Waals surface area contributed by atoms with Gasteiger partial charge in [0.15, 0.2) is 0 Å². The van der Waals surface area contributed by atoms with Gasteiger partial charge in [-0.15, -0.1) is 11.3 Å². The molecule has 1 spiro atoms. The molecule has 4 aliphatic rings. The molecule has 1 aromatic carbocycles. The van der Waals surface area contributed by atoms with Crippen LogP contribution in [0.1, 0.15) is 37.0 Å². The van der Waals surface area contributed by atoms with E-state index in [-0.39, 0.29) is 23.8 Å². The SMILES string of the molecule is O=C(Nc1ccc(Cl)c(Cl)c1)C1C2C=CC3(O2)C1C(=O)N(Cc1cccs1)C3C(=O)NC1CCCCC1. The van der Waals surface area contributed by atoms with Crippen LogP contribution in [0, 0.1) is 11.8 Å². The molecule has 2 aromatic rings. The number of thiophene rings is 1. The van der Waals surface area contributed by atoms with Crippen molar-refractivity contribution in [1.82, 2.24) is 10.2 Å². The largest absolute Gasteiger partial charge is 0.359 e. The van der Waals surface area contributed by atoms with E-state index in [2.05, 4.69) is 10.6 Å². The molecule has 2 N–H and O–H groups in total. The summed E-state index contributed by atoms with van der Waals surface area (Å²) in [4.78, 5) is 43.9. The summed E-state index contributed by atoms with van der Waals surface area (Å²) in [6.07, 6.45) is 8.26. The first-order chi connectivity index (χ1) is 17.9. The van der Waals surface area contributed by atoms with Crippen LogP contribution in [-0.2, 0) is 25.7 Å². The number of likely N-dealkylation sites (tertiary alicyclic amines) is 1. The molecule has 3 aliphatic heterocycles. The number of rotatable bonds is 6. The summed E-state index contributed by atoms with van der Waals surface area (Å²) in [6.45, 7) is 0.292. The number of nitrogens with one attached hydrogen (secondary N) is 2. The molecule has 194 valence electrons. The Balaban J connectivity index is 1.31. The Morgan fingerprint density at radius 2 is 1.92 bits per heavy atom. The molecule has 0 radical (unpaired) electrons. The third kappa shape index (κ3) is 4.28. The summed E-state index contributed by atoms with van der Waals surface area (Å²) >= 11 is 13.7. The van der Waals surface area contributed by atoms with Crippen LogP contribution in [0.3, 0.4) is 0 Å². The summed E-state index contributed by atoms with van der Waals surface area (Å²) in [7, 11) is 0. The van der Waals surface area contributed by atoms with Crippen LogP contribution in [0.4, 0.5) is 5.69 Å². The van der Waals surface area contributed by atoms with E-state index in [1.807, 2.05) is 29.7 Å². The first-order valence-electron chi connectivity index (χ1n) is 12.6. The molecule has 5 atom stereocenters. The Bertz CT molecular complexity index is 1260. The average Bonchev–Trinajstić information content (AvgIpc) is 3.65. The quantitative estimate of drug-likeness (QED) is 0.498. The number of carbonyl (C=O) groups excluding carboxylic acids is 3. The zero-order valence-electron chi connectivity index (χ0n) is 20.0. The van der Waals surface area contributed by atoms with E-state index < -0.39 is 29.6 Å². The predicted molar refractivity (Wildman–Crippen MR) is 142 cm³/mol. The maximum absolute atomic E-state index is 14.0. The van der Waals surface area contributed by atoms with Gasteiger partial charge in [0.05, 0.1) is 34.5 Å². The van der Waals surface area contributed by atoms with E-state index in [0.29, 0.717) is 22.3 Å². The highest BCUT2D eigenvalue weighted by Crippen LogP contribution is 2.55. The van der Waals surface area contributed by atoms with Crippen LogP contribution in [0.2, 0.25) is 10.0 Å². The van der Waals surface area contributed by atoms with E-state index in [9.17, 15) is 14.4 Å². The lowest BCUT2D eigenvalue weighted by molar-refractivity contribution is -0.142. The molecule has 1 saturated carbocycles. The molecule has 10 heteroatoms. The van der Waals surface area contributed by atoms with Crippen molar-refractivity contribution in [3.05, 3.63) is 62.8 Å². The Kier molecular flexibility index (Phi) is 6.55. The molecular weight excluding hydrogens is 533 g/mol. The van der Waals surface area contributed by atoms with Crippen LogP contribution >= 0.6 is 34.5 Å². The highest BCUT2D eigenvalue weighted by atomic mass is 35.5. The van der Waals surface area contributed by atoms with E-state index in [0.717, 1.165) is 30.6 Å². The Morgan fingerprint density at radius 3 is 2.65 bits per heavy atom. The summed E-state index contributed by atoms with van der Waals surface area (Å²) in [5, 5.41) is 8.72. The average molecular weight is 561 g/mol. The molecule has 1 aromatic heterocycles. The second kappa shape index (κ2) is 9.73. The number of amides is 3. The highest BCUT2D eigenvalue weighted by molar-refractivity contribution is 7.09. The van der Waals surface area contributed by atoms with E-state index in [4.69, 9.17) is 27.9 Å². The molecule has 1 aliphatic carbocycles. The van der Waals surface area contributed by atoms with Crippen molar-refractivity contribution in [2.45, 2.75) is 62.4 Å². The number of hydrogen-bond donors (Lipinski definition) is 2. The van der Waals surface area contributed by atoms with E-state index in [1.165, 1.54) is 17.8 Å². The molecule has 2 bridgehead atoms. The van der Waals surface area contributed by atoms with Gasteiger partial charge in [-0.2, -0.15) is 0 Å². The van der Waals surface area contributed by atoms with E-state index in [1.54, 1.807) is 23.1 Å². The Morgan fingerprint density at radius 1 is 1.11 bits per heavy atom. The maximum atomic E-state index is 14.0. The fraction of sp³-hybridized carbons (Fsp3) is 0.444. The molecule has 2 saturated heterocycles. The number of nitrogens with zero attached hydrogens (tertiary/aromatic N) is 1. The molecule has 6 rings (SSSR count). The third-order valence-corrected chi connectivity index (χ3v) is 9.57. The van der Waals surface area contributed by atoms with Crippen molar-refractivity contribution in [2.75, 3.05) is 5.32 Å². The van der Waals surface area contributed by atoms with Gasteiger partial charge in [-0.3, -0.25) is 14.4 Å². The number of carbonyl (C=O) groups is 3. The molecular formula is C27H27Cl2N3O4S. The lowest BCUT2D eigenvalue weighted by Crippen LogP contribution is -2.56. The molecule has 3 fully saturated rings. The van der Waals surface area contributed by atoms with Gasteiger partial charge in [0.1, 0.15) is 11.6 Å². The zero-order chi connectivity index (χ0) is 25.7. The minimum atomic E-state index is -1.18.